The molecular formula is C17H20BrNO2S. The number of sulfonamides is 1. The van der Waals surface area contributed by atoms with E-state index in [9.17, 15) is 8.42 Å². The van der Waals surface area contributed by atoms with Crippen LogP contribution < -0.4 is 4.72 Å². The molecule has 0 saturated carbocycles. The summed E-state index contributed by atoms with van der Waals surface area (Å²) >= 11 is 3.48. The van der Waals surface area contributed by atoms with E-state index < -0.39 is 10.0 Å². The van der Waals surface area contributed by atoms with E-state index in [1.165, 1.54) is 0 Å². The van der Waals surface area contributed by atoms with Gasteiger partial charge in [-0.2, -0.15) is 0 Å². The van der Waals surface area contributed by atoms with Crippen LogP contribution in [0.1, 0.15) is 36.5 Å². The average molecular weight is 382 g/mol. The van der Waals surface area contributed by atoms with Crippen molar-refractivity contribution in [3.05, 3.63) is 57.6 Å². The molecule has 0 aliphatic rings. The molecule has 0 aliphatic heterocycles. The van der Waals surface area contributed by atoms with E-state index in [4.69, 9.17) is 0 Å². The number of nitrogens with one attached hydrogen (secondary N) is 1. The third kappa shape index (κ3) is 3.52. The molecule has 0 aliphatic carbocycles. The number of benzene rings is 2. The van der Waals surface area contributed by atoms with E-state index >= 15 is 0 Å². The molecule has 1 N–H and O–H groups in total. The zero-order valence-electron chi connectivity index (χ0n) is 13.1. The summed E-state index contributed by atoms with van der Waals surface area (Å²) < 4.78 is 29.3. The van der Waals surface area contributed by atoms with Crippen molar-refractivity contribution in [3.8, 4) is 0 Å². The first kappa shape index (κ1) is 17.0. The molecule has 2 aromatic rings. The van der Waals surface area contributed by atoms with Gasteiger partial charge in [-0.05, 0) is 54.7 Å². The Balaban J connectivity index is 2.54. The molecule has 0 heterocycles. The highest BCUT2D eigenvalue weighted by Gasteiger charge is 2.22. The van der Waals surface area contributed by atoms with E-state index in [2.05, 4.69) is 20.7 Å². The summed E-state index contributed by atoms with van der Waals surface area (Å²) in [5.41, 5.74) is 3.21. The third-order valence-electron chi connectivity index (χ3n) is 3.59. The lowest BCUT2D eigenvalue weighted by atomic mass is 10.0. The minimum atomic E-state index is -3.62. The van der Waals surface area contributed by atoms with Gasteiger partial charge in [0.15, 0.2) is 0 Å². The Morgan fingerprint density at radius 3 is 2.27 bits per heavy atom. The molecule has 0 saturated heterocycles. The maximum atomic E-state index is 12.8. The van der Waals surface area contributed by atoms with Gasteiger partial charge in [-0.15, -0.1) is 0 Å². The van der Waals surface area contributed by atoms with E-state index in [1.807, 2.05) is 52.0 Å². The van der Waals surface area contributed by atoms with Crippen molar-refractivity contribution < 1.29 is 8.42 Å². The van der Waals surface area contributed by atoms with Crippen LogP contribution in [0.15, 0.2) is 45.8 Å². The summed E-state index contributed by atoms with van der Waals surface area (Å²) in [5, 5.41) is 0. The van der Waals surface area contributed by atoms with Crippen LogP contribution in [-0.4, -0.2) is 8.42 Å². The molecule has 0 radical (unpaired) electrons. The van der Waals surface area contributed by atoms with Crippen LogP contribution in [0.5, 0.6) is 0 Å². The molecule has 0 atom stereocenters. The van der Waals surface area contributed by atoms with Crippen LogP contribution in [0.3, 0.4) is 0 Å². The first-order valence-corrected chi connectivity index (χ1v) is 9.38. The summed E-state index contributed by atoms with van der Waals surface area (Å²) in [7, 11) is -3.62. The van der Waals surface area contributed by atoms with Crippen LogP contribution in [0.25, 0.3) is 0 Å². The van der Waals surface area contributed by atoms with E-state index in [1.54, 1.807) is 12.1 Å². The molecular weight excluding hydrogens is 362 g/mol. The zero-order chi connectivity index (χ0) is 16.5. The van der Waals surface area contributed by atoms with Crippen LogP contribution in [-0.2, 0) is 10.0 Å². The SMILES string of the molecule is Cc1cc(S(=O)(=O)Nc2ccccc2C)c(C(C)C)cc1Br. The van der Waals surface area contributed by atoms with Crippen LogP contribution in [0.2, 0.25) is 0 Å². The third-order valence-corrected chi connectivity index (χ3v) is 5.87. The highest BCUT2D eigenvalue weighted by atomic mass is 79.9. The fourth-order valence-electron chi connectivity index (χ4n) is 2.24. The smallest absolute Gasteiger partial charge is 0.262 e. The van der Waals surface area contributed by atoms with Crippen molar-refractivity contribution in [1.82, 2.24) is 0 Å². The van der Waals surface area contributed by atoms with Gasteiger partial charge in [0.1, 0.15) is 0 Å². The van der Waals surface area contributed by atoms with Crippen LogP contribution >= 0.6 is 15.9 Å². The number of hydrogen-bond acceptors (Lipinski definition) is 2. The van der Waals surface area contributed by atoms with Crippen molar-refractivity contribution >= 4 is 31.6 Å². The predicted molar refractivity (Wildman–Crippen MR) is 95.0 cm³/mol. The van der Waals surface area contributed by atoms with Gasteiger partial charge in [0.2, 0.25) is 0 Å². The lowest BCUT2D eigenvalue weighted by Crippen LogP contribution is -2.16. The monoisotopic (exact) mass is 381 g/mol. The van der Waals surface area contributed by atoms with Gasteiger partial charge in [0, 0.05) is 4.47 Å². The fraction of sp³-hybridized carbons (Fsp3) is 0.294. The minimum Gasteiger partial charge on any atom is -0.279 e. The highest BCUT2D eigenvalue weighted by Crippen LogP contribution is 2.31. The Kier molecular flexibility index (Phi) is 4.97. The number of anilines is 1. The Labute approximate surface area is 140 Å². The maximum Gasteiger partial charge on any atom is 0.262 e. The molecule has 0 spiro atoms. The van der Waals surface area contributed by atoms with Gasteiger partial charge in [-0.25, -0.2) is 8.42 Å². The Morgan fingerprint density at radius 1 is 1.05 bits per heavy atom. The molecule has 2 rings (SSSR count). The second kappa shape index (κ2) is 6.42. The van der Waals surface area contributed by atoms with Gasteiger partial charge in [0.25, 0.3) is 10.0 Å². The second-order valence-electron chi connectivity index (χ2n) is 5.71. The molecule has 0 amide bonds. The van der Waals surface area contributed by atoms with Gasteiger partial charge < -0.3 is 0 Å². The zero-order valence-corrected chi connectivity index (χ0v) is 15.5. The van der Waals surface area contributed by atoms with E-state index in [0.717, 1.165) is 21.2 Å². The van der Waals surface area contributed by atoms with Gasteiger partial charge in [-0.3, -0.25) is 4.72 Å². The number of hydrogen-bond donors (Lipinski definition) is 1. The quantitative estimate of drug-likeness (QED) is 0.810. The fourth-order valence-corrected chi connectivity index (χ4v) is 4.17. The summed E-state index contributed by atoms with van der Waals surface area (Å²) in [6.45, 7) is 7.75. The summed E-state index contributed by atoms with van der Waals surface area (Å²) in [6.07, 6.45) is 0. The summed E-state index contributed by atoms with van der Waals surface area (Å²) in [5.74, 6) is 0.111. The molecule has 2 aromatic carbocycles. The lowest BCUT2D eigenvalue weighted by Gasteiger charge is -2.17. The second-order valence-corrected chi connectivity index (χ2v) is 8.22. The first-order chi connectivity index (χ1) is 10.2. The average Bonchev–Trinajstić information content (AvgIpc) is 2.43. The number of para-hydroxylation sites is 1. The predicted octanol–water partition coefficient (Wildman–Crippen LogP) is 4.99. The van der Waals surface area contributed by atoms with Crippen LogP contribution in [0.4, 0.5) is 5.69 Å². The molecule has 118 valence electrons. The Morgan fingerprint density at radius 2 is 1.68 bits per heavy atom. The summed E-state index contributed by atoms with van der Waals surface area (Å²) in [6, 6.07) is 11.0. The van der Waals surface area contributed by atoms with Gasteiger partial charge >= 0.3 is 0 Å². The molecule has 3 nitrogen and oxygen atoms in total. The molecule has 0 aromatic heterocycles. The number of aryl methyl sites for hydroxylation is 2. The van der Waals surface area contributed by atoms with E-state index in [-0.39, 0.29) is 5.92 Å². The standard InChI is InChI=1S/C17H20BrNO2S/c1-11(2)14-10-15(18)13(4)9-17(14)22(20,21)19-16-8-6-5-7-12(16)3/h5-11,19H,1-4H3. The Hall–Kier alpha value is -1.33. The first-order valence-electron chi connectivity index (χ1n) is 7.11. The molecule has 5 heteroatoms. The Bertz CT molecular complexity index is 798. The normalized spacial score (nSPS) is 11.7. The largest absolute Gasteiger partial charge is 0.279 e. The number of rotatable bonds is 4. The lowest BCUT2D eigenvalue weighted by molar-refractivity contribution is 0.598. The maximum absolute atomic E-state index is 12.8. The minimum absolute atomic E-state index is 0.111. The molecule has 0 fully saturated rings. The van der Waals surface area contributed by atoms with Crippen molar-refractivity contribution in [2.75, 3.05) is 4.72 Å². The van der Waals surface area contributed by atoms with Crippen LogP contribution in [0, 0.1) is 13.8 Å². The summed E-state index contributed by atoms with van der Waals surface area (Å²) in [4.78, 5) is 0.339. The van der Waals surface area contributed by atoms with Crippen molar-refractivity contribution in [1.29, 1.82) is 0 Å². The van der Waals surface area contributed by atoms with Gasteiger partial charge in [-0.1, -0.05) is 48.0 Å². The van der Waals surface area contributed by atoms with Crippen molar-refractivity contribution in [2.45, 2.75) is 38.5 Å². The topological polar surface area (TPSA) is 46.2 Å². The van der Waals surface area contributed by atoms with Crippen molar-refractivity contribution in [3.63, 3.8) is 0 Å². The van der Waals surface area contributed by atoms with Gasteiger partial charge in [0.05, 0.1) is 10.6 Å². The van der Waals surface area contributed by atoms with Crippen molar-refractivity contribution in [2.24, 2.45) is 0 Å². The highest BCUT2D eigenvalue weighted by molar-refractivity contribution is 9.10. The molecule has 22 heavy (non-hydrogen) atoms. The molecule has 0 bridgehead atoms. The van der Waals surface area contributed by atoms with E-state index in [0.29, 0.717) is 10.6 Å². The molecule has 0 unspecified atom stereocenters. The number of halogens is 1.